The van der Waals surface area contributed by atoms with Gasteiger partial charge in [-0.05, 0) is 80.1 Å². The van der Waals surface area contributed by atoms with E-state index in [1.807, 2.05) is 0 Å². The maximum absolute atomic E-state index is 14.3. The SMILES string of the molecule is CC1(C)C(=O)N(c2ccc(Oc3ccc(Cl)cc3)c(C(F)(F)F)c2)C(=O)N1Cc1ccccc1Nc1ccc(F)cc1F. The molecule has 0 aromatic heterocycles. The van der Waals surface area contributed by atoms with Crippen LogP contribution in [0.3, 0.4) is 0 Å². The van der Waals surface area contributed by atoms with E-state index in [0.717, 1.165) is 18.2 Å². The molecule has 0 bridgehead atoms. The van der Waals surface area contributed by atoms with E-state index in [1.54, 1.807) is 24.3 Å². The lowest BCUT2D eigenvalue weighted by Crippen LogP contribution is -2.43. The zero-order chi connectivity index (χ0) is 31.1. The molecule has 0 unspecified atom stereocenters. The van der Waals surface area contributed by atoms with Crippen molar-refractivity contribution in [2.75, 3.05) is 10.2 Å². The van der Waals surface area contributed by atoms with Gasteiger partial charge in [-0.2, -0.15) is 13.2 Å². The molecule has 0 aliphatic carbocycles. The maximum Gasteiger partial charge on any atom is 0.420 e. The van der Waals surface area contributed by atoms with Crippen LogP contribution in [0, 0.1) is 11.6 Å². The molecule has 0 saturated carbocycles. The van der Waals surface area contributed by atoms with E-state index in [0.29, 0.717) is 27.2 Å². The third kappa shape index (κ3) is 5.98. The Labute approximate surface area is 248 Å². The van der Waals surface area contributed by atoms with Gasteiger partial charge < -0.3 is 15.0 Å². The van der Waals surface area contributed by atoms with Crippen LogP contribution in [0.5, 0.6) is 11.5 Å². The Morgan fingerprint density at radius 1 is 0.884 bits per heavy atom. The molecule has 222 valence electrons. The van der Waals surface area contributed by atoms with Crippen LogP contribution >= 0.6 is 11.6 Å². The fourth-order valence-electron chi connectivity index (χ4n) is 4.61. The molecule has 1 saturated heterocycles. The average molecular weight is 616 g/mol. The maximum atomic E-state index is 14.3. The second kappa shape index (κ2) is 11.2. The van der Waals surface area contributed by atoms with Gasteiger partial charge in [0.05, 0.1) is 17.9 Å². The van der Waals surface area contributed by atoms with Crippen LogP contribution in [0.15, 0.2) is 84.9 Å². The summed E-state index contributed by atoms with van der Waals surface area (Å²) in [4.78, 5) is 29.0. The van der Waals surface area contributed by atoms with E-state index < -0.39 is 46.6 Å². The molecule has 0 atom stereocenters. The van der Waals surface area contributed by atoms with Crippen LogP contribution in [0.1, 0.15) is 25.0 Å². The lowest BCUT2D eigenvalue weighted by Gasteiger charge is -2.28. The highest BCUT2D eigenvalue weighted by atomic mass is 35.5. The fraction of sp³-hybridized carbons (Fsp3) is 0.161. The van der Waals surface area contributed by atoms with Crippen molar-refractivity contribution < 1.29 is 36.3 Å². The first kappa shape index (κ1) is 29.8. The highest BCUT2D eigenvalue weighted by Crippen LogP contribution is 2.42. The number of alkyl halides is 3. The van der Waals surface area contributed by atoms with Gasteiger partial charge in [-0.15, -0.1) is 0 Å². The molecule has 0 spiro atoms. The van der Waals surface area contributed by atoms with Crippen molar-refractivity contribution in [3.8, 4) is 11.5 Å². The van der Waals surface area contributed by atoms with Crippen molar-refractivity contribution in [2.45, 2.75) is 32.1 Å². The third-order valence-corrected chi connectivity index (χ3v) is 7.19. The number of anilines is 3. The molecule has 1 fully saturated rings. The third-order valence-electron chi connectivity index (χ3n) is 6.94. The second-order valence-corrected chi connectivity index (χ2v) is 10.6. The summed E-state index contributed by atoms with van der Waals surface area (Å²) in [7, 11) is 0. The molecule has 1 aliphatic rings. The molecule has 43 heavy (non-hydrogen) atoms. The number of nitrogens with zero attached hydrogens (tertiary/aromatic N) is 2. The second-order valence-electron chi connectivity index (χ2n) is 10.2. The lowest BCUT2D eigenvalue weighted by atomic mass is 10.0. The molecule has 4 aromatic carbocycles. The number of hydrogen-bond acceptors (Lipinski definition) is 4. The topological polar surface area (TPSA) is 61.9 Å². The minimum absolute atomic E-state index is 0.0147. The van der Waals surface area contributed by atoms with Crippen molar-refractivity contribution in [1.82, 2.24) is 4.90 Å². The van der Waals surface area contributed by atoms with Crippen molar-refractivity contribution >= 4 is 40.6 Å². The Bertz CT molecular complexity index is 1710. The number of imide groups is 1. The highest BCUT2D eigenvalue weighted by molar-refractivity contribution is 6.30. The smallest absolute Gasteiger partial charge is 0.420 e. The van der Waals surface area contributed by atoms with Gasteiger partial charge in [-0.3, -0.25) is 4.79 Å². The molecule has 1 N–H and O–H groups in total. The summed E-state index contributed by atoms with van der Waals surface area (Å²) in [6.45, 7) is 2.81. The Hall–Kier alpha value is -4.64. The number of ether oxygens (including phenoxy) is 1. The van der Waals surface area contributed by atoms with Gasteiger partial charge in [0.2, 0.25) is 0 Å². The normalized spacial score (nSPS) is 14.8. The number of carbonyl (C=O) groups is 2. The van der Waals surface area contributed by atoms with Crippen LogP contribution < -0.4 is 15.0 Å². The van der Waals surface area contributed by atoms with Crippen LogP contribution in [-0.4, -0.2) is 22.4 Å². The zero-order valence-corrected chi connectivity index (χ0v) is 23.4. The largest absolute Gasteiger partial charge is 0.457 e. The van der Waals surface area contributed by atoms with Crippen molar-refractivity contribution in [1.29, 1.82) is 0 Å². The highest BCUT2D eigenvalue weighted by Gasteiger charge is 2.52. The van der Waals surface area contributed by atoms with Gasteiger partial charge in [-0.1, -0.05) is 29.8 Å². The van der Waals surface area contributed by atoms with Gasteiger partial charge in [0.1, 0.15) is 34.2 Å². The number of benzene rings is 4. The van der Waals surface area contributed by atoms with Crippen molar-refractivity contribution in [3.63, 3.8) is 0 Å². The van der Waals surface area contributed by atoms with Crippen molar-refractivity contribution in [2.24, 2.45) is 0 Å². The first-order valence-electron chi connectivity index (χ1n) is 12.9. The monoisotopic (exact) mass is 615 g/mol. The quantitative estimate of drug-likeness (QED) is 0.167. The molecule has 3 amide bonds. The summed E-state index contributed by atoms with van der Waals surface area (Å²) in [5.41, 5.74) is -2.09. The zero-order valence-electron chi connectivity index (χ0n) is 22.7. The van der Waals surface area contributed by atoms with Gasteiger partial charge in [0, 0.05) is 16.8 Å². The first-order valence-corrected chi connectivity index (χ1v) is 13.2. The van der Waals surface area contributed by atoms with E-state index >= 15 is 0 Å². The van der Waals surface area contributed by atoms with E-state index in [1.165, 1.54) is 55.1 Å². The van der Waals surface area contributed by atoms with E-state index in [-0.39, 0.29) is 23.7 Å². The van der Waals surface area contributed by atoms with E-state index in [4.69, 9.17) is 16.3 Å². The van der Waals surface area contributed by atoms with Gasteiger partial charge in [0.15, 0.2) is 0 Å². The number of nitrogens with one attached hydrogen (secondary N) is 1. The molecule has 1 heterocycles. The molecular weight excluding hydrogens is 593 g/mol. The van der Waals surface area contributed by atoms with Gasteiger partial charge in [-0.25, -0.2) is 18.5 Å². The minimum atomic E-state index is -4.88. The summed E-state index contributed by atoms with van der Waals surface area (Å²) >= 11 is 5.84. The van der Waals surface area contributed by atoms with Crippen LogP contribution in [0.25, 0.3) is 0 Å². The van der Waals surface area contributed by atoms with E-state index in [2.05, 4.69) is 5.32 Å². The number of urea groups is 1. The molecule has 4 aromatic rings. The number of amides is 3. The Morgan fingerprint density at radius 2 is 1.58 bits per heavy atom. The predicted molar refractivity (Wildman–Crippen MR) is 152 cm³/mol. The molecule has 0 radical (unpaired) electrons. The van der Waals surface area contributed by atoms with Gasteiger partial charge >= 0.3 is 12.2 Å². The number of hydrogen-bond donors (Lipinski definition) is 1. The molecular formula is C31H23ClF5N3O3. The number of carbonyl (C=O) groups excluding carboxylic acids is 2. The fourth-order valence-corrected chi connectivity index (χ4v) is 4.74. The number of rotatable bonds is 7. The minimum Gasteiger partial charge on any atom is -0.457 e. The Balaban J connectivity index is 1.46. The van der Waals surface area contributed by atoms with Crippen LogP contribution in [0.2, 0.25) is 5.02 Å². The summed E-state index contributed by atoms with van der Waals surface area (Å²) < 4.78 is 75.5. The summed E-state index contributed by atoms with van der Waals surface area (Å²) in [5, 5.41) is 3.24. The van der Waals surface area contributed by atoms with E-state index in [9.17, 15) is 31.5 Å². The van der Waals surface area contributed by atoms with Crippen LogP contribution in [0.4, 0.5) is 43.8 Å². The summed E-state index contributed by atoms with van der Waals surface area (Å²) in [5.74, 6) is -2.75. The van der Waals surface area contributed by atoms with Crippen molar-refractivity contribution in [3.05, 3.63) is 113 Å². The molecule has 6 nitrogen and oxygen atoms in total. The predicted octanol–water partition coefficient (Wildman–Crippen LogP) is 8.92. The number of para-hydroxylation sites is 1. The van der Waals surface area contributed by atoms with Crippen LogP contribution in [-0.2, 0) is 17.5 Å². The standard InChI is InChI=1S/C31H23ClF5N3O3/c1-30(2)28(41)40(21-10-14-27(23(16-21)31(35,36)37)43-22-11-7-19(32)8-12-22)29(42)39(30)17-18-5-3-4-6-25(18)38-26-13-9-20(33)15-24(26)34/h3-16,38H,17H2,1-2H3. The Morgan fingerprint density at radius 3 is 2.26 bits per heavy atom. The first-order chi connectivity index (χ1) is 20.3. The number of halogens is 6. The van der Waals surface area contributed by atoms with Gasteiger partial charge in [0.25, 0.3) is 5.91 Å². The molecule has 5 rings (SSSR count). The average Bonchev–Trinajstić information content (AvgIpc) is 3.11. The molecule has 1 aliphatic heterocycles. The summed E-state index contributed by atoms with van der Waals surface area (Å²) in [6.07, 6.45) is -4.88. The summed E-state index contributed by atoms with van der Waals surface area (Å²) in [6, 6.07) is 17.4. The lowest BCUT2D eigenvalue weighted by molar-refractivity contribution is -0.138. The Kier molecular flexibility index (Phi) is 7.78. The molecule has 12 heteroatoms.